The summed E-state index contributed by atoms with van der Waals surface area (Å²) in [6.45, 7) is 0.670. The third-order valence-electron chi connectivity index (χ3n) is 4.81. The van der Waals surface area contributed by atoms with E-state index in [9.17, 15) is 9.18 Å². The van der Waals surface area contributed by atoms with Gasteiger partial charge in [-0.1, -0.05) is 17.3 Å². The first-order valence-electron chi connectivity index (χ1n) is 9.30. The predicted molar refractivity (Wildman–Crippen MR) is 101 cm³/mol. The molecule has 1 atom stereocenters. The zero-order chi connectivity index (χ0) is 20.2. The molecular weight excluding hydrogens is 377 g/mol. The van der Waals surface area contributed by atoms with Crippen LogP contribution in [0.4, 0.5) is 4.39 Å². The number of amides is 1. The van der Waals surface area contributed by atoms with E-state index < -0.39 is 0 Å². The Morgan fingerprint density at radius 2 is 2.03 bits per heavy atom. The summed E-state index contributed by atoms with van der Waals surface area (Å²) < 4.78 is 29.1. The maximum absolute atomic E-state index is 13.1. The first kappa shape index (κ1) is 18.9. The predicted octanol–water partition coefficient (Wildman–Crippen LogP) is 3.77. The lowest BCUT2D eigenvalue weighted by molar-refractivity contribution is 0.0725. The molecule has 29 heavy (non-hydrogen) atoms. The molecule has 0 spiro atoms. The first-order valence-corrected chi connectivity index (χ1v) is 9.30. The van der Waals surface area contributed by atoms with Gasteiger partial charge in [0.1, 0.15) is 17.3 Å². The van der Waals surface area contributed by atoms with Gasteiger partial charge in [0.15, 0.2) is 12.4 Å². The molecule has 1 aliphatic rings. The summed E-state index contributed by atoms with van der Waals surface area (Å²) in [4.78, 5) is 19.2. The summed E-state index contributed by atoms with van der Waals surface area (Å²) in [5, 5.41) is 4.04. The molecule has 8 heteroatoms. The van der Waals surface area contributed by atoms with Crippen molar-refractivity contribution < 1.29 is 23.2 Å². The standard InChI is InChI=1S/C21H20FN3O4/c1-27-18-7-3-2-5-16(18)21(26)25-12-4-6-17(25)20-23-19(29-24-20)13-28-15-10-8-14(22)9-11-15/h2-3,5,7-11,17H,4,6,12-13H2,1H3. The molecule has 1 aliphatic heterocycles. The molecule has 1 saturated heterocycles. The summed E-state index contributed by atoms with van der Waals surface area (Å²) in [5.41, 5.74) is 0.505. The van der Waals surface area contributed by atoms with Gasteiger partial charge in [-0.05, 0) is 49.2 Å². The van der Waals surface area contributed by atoms with Gasteiger partial charge in [0.25, 0.3) is 11.8 Å². The molecule has 0 aliphatic carbocycles. The summed E-state index contributed by atoms with van der Waals surface area (Å²) >= 11 is 0. The van der Waals surface area contributed by atoms with Crippen LogP contribution in [0.15, 0.2) is 53.1 Å². The van der Waals surface area contributed by atoms with E-state index >= 15 is 0 Å². The zero-order valence-electron chi connectivity index (χ0n) is 15.9. The smallest absolute Gasteiger partial charge is 0.264 e. The summed E-state index contributed by atoms with van der Waals surface area (Å²) in [6.07, 6.45) is 1.60. The van der Waals surface area contributed by atoms with E-state index in [0.29, 0.717) is 35.3 Å². The fourth-order valence-corrected chi connectivity index (χ4v) is 3.39. The van der Waals surface area contributed by atoms with Crippen LogP contribution in [-0.4, -0.2) is 34.6 Å². The maximum Gasteiger partial charge on any atom is 0.264 e. The highest BCUT2D eigenvalue weighted by Crippen LogP contribution is 2.33. The molecule has 1 fully saturated rings. The Hall–Kier alpha value is -3.42. The number of hydrogen-bond acceptors (Lipinski definition) is 6. The van der Waals surface area contributed by atoms with Gasteiger partial charge in [-0.3, -0.25) is 4.79 Å². The van der Waals surface area contributed by atoms with Crippen LogP contribution in [-0.2, 0) is 6.61 Å². The average molecular weight is 397 g/mol. The van der Waals surface area contributed by atoms with Crippen molar-refractivity contribution in [3.63, 3.8) is 0 Å². The zero-order valence-corrected chi connectivity index (χ0v) is 15.9. The van der Waals surface area contributed by atoms with Gasteiger partial charge < -0.3 is 18.9 Å². The Kier molecular flexibility index (Phi) is 5.41. The fraction of sp³-hybridized carbons (Fsp3) is 0.286. The molecule has 1 aromatic heterocycles. The highest BCUT2D eigenvalue weighted by molar-refractivity contribution is 5.97. The second-order valence-electron chi connectivity index (χ2n) is 6.65. The van der Waals surface area contributed by atoms with Gasteiger partial charge in [0, 0.05) is 6.54 Å². The number of para-hydroxylation sites is 1. The number of aromatic nitrogens is 2. The van der Waals surface area contributed by atoms with Crippen molar-refractivity contribution in [2.75, 3.05) is 13.7 Å². The second-order valence-corrected chi connectivity index (χ2v) is 6.65. The SMILES string of the molecule is COc1ccccc1C(=O)N1CCCC1c1noc(COc2ccc(F)cc2)n1. The lowest BCUT2D eigenvalue weighted by Crippen LogP contribution is -2.31. The molecule has 0 N–H and O–H groups in total. The van der Waals surface area contributed by atoms with Crippen LogP contribution in [0.3, 0.4) is 0 Å². The van der Waals surface area contributed by atoms with Crippen molar-refractivity contribution in [2.24, 2.45) is 0 Å². The minimum atomic E-state index is -0.335. The van der Waals surface area contributed by atoms with Gasteiger partial charge in [-0.25, -0.2) is 4.39 Å². The number of nitrogens with zero attached hydrogens (tertiary/aromatic N) is 3. The Morgan fingerprint density at radius 1 is 1.24 bits per heavy atom. The van der Waals surface area contributed by atoms with E-state index in [-0.39, 0.29) is 24.4 Å². The minimum Gasteiger partial charge on any atom is -0.496 e. The number of hydrogen-bond donors (Lipinski definition) is 0. The number of likely N-dealkylation sites (tertiary alicyclic amines) is 1. The second kappa shape index (κ2) is 8.30. The lowest BCUT2D eigenvalue weighted by Gasteiger charge is -2.23. The quantitative estimate of drug-likeness (QED) is 0.630. The van der Waals surface area contributed by atoms with Gasteiger partial charge in [-0.15, -0.1) is 0 Å². The molecule has 2 heterocycles. The van der Waals surface area contributed by atoms with Crippen molar-refractivity contribution in [3.8, 4) is 11.5 Å². The van der Waals surface area contributed by atoms with E-state index in [1.807, 2.05) is 6.07 Å². The molecule has 3 aromatic rings. The fourth-order valence-electron chi connectivity index (χ4n) is 3.39. The normalized spacial score (nSPS) is 16.1. The van der Waals surface area contributed by atoms with E-state index in [0.717, 1.165) is 12.8 Å². The number of benzene rings is 2. The maximum atomic E-state index is 13.1. The van der Waals surface area contributed by atoms with Crippen molar-refractivity contribution in [1.82, 2.24) is 15.0 Å². The molecule has 150 valence electrons. The minimum absolute atomic E-state index is 0.0613. The highest BCUT2D eigenvalue weighted by atomic mass is 19.1. The molecule has 0 bridgehead atoms. The average Bonchev–Trinajstić information content (AvgIpc) is 3.42. The van der Waals surface area contributed by atoms with Crippen LogP contribution in [0, 0.1) is 5.82 Å². The topological polar surface area (TPSA) is 77.7 Å². The van der Waals surface area contributed by atoms with Crippen molar-refractivity contribution in [2.45, 2.75) is 25.5 Å². The van der Waals surface area contributed by atoms with Gasteiger partial charge in [-0.2, -0.15) is 4.98 Å². The van der Waals surface area contributed by atoms with Gasteiger partial charge in [0.2, 0.25) is 0 Å². The van der Waals surface area contributed by atoms with E-state index in [2.05, 4.69) is 10.1 Å². The van der Waals surface area contributed by atoms with Gasteiger partial charge >= 0.3 is 0 Å². The first-order chi connectivity index (χ1) is 14.2. The summed E-state index contributed by atoms with van der Waals surface area (Å²) in [6, 6.07) is 12.5. The molecule has 7 nitrogen and oxygen atoms in total. The van der Waals surface area contributed by atoms with Crippen molar-refractivity contribution >= 4 is 5.91 Å². The lowest BCUT2D eigenvalue weighted by atomic mass is 10.1. The molecule has 2 aromatic carbocycles. The van der Waals surface area contributed by atoms with Crippen LogP contribution < -0.4 is 9.47 Å². The molecular formula is C21H20FN3O4. The van der Waals surface area contributed by atoms with Crippen molar-refractivity contribution in [3.05, 3.63) is 71.6 Å². The van der Waals surface area contributed by atoms with Crippen LogP contribution in [0.5, 0.6) is 11.5 Å². The van der Waals surface area contributed by atoms with E-state index in [1.54, 1.807) is 30.2 Å². The summed E-state index contributed by atoms with van der Waals surface area (Å²) in [5.74, 6) is 1.31. The number of halogens is 1. The third kappa shape index (κ3) is 4.06. The molecule has 4 rings (SSSR count). The number of ether oxygens (including phenoxy) is 2. The van der Waals surface area contributed by atoms with Crippen LogP contribution in [0.25, 0.3) is 0 Å². The largest absolute Gasteiger partial charge is 0.496 e. The molecule has 1 amide bonds. The Morgan fingerprint density at radius 3 is 2.83 bits per heavy atom. The molecule has 0 saturated carbocycles. The van der Waals surface area contributed by atoms with Crippen molar-refractivity contribution in [1.29, 1.82) is 0 Å². The Labute approximate surface area is 167 Å². The van der Waals surface area contributed by atoms with E-state index in [1.165, 1.54) is 24.3 Å². The number of carbonyl (C=O) groups excluding carboxylic acids is 1. The monoisotopic (exact) mass is 397 g/mol. The third-order valence-corrected chi connectivity index (χ3v) is 4.81. The number of rotatable bonds is 6. The Bertz CT molecular complexity index is 990. The molecule has 0 radical (unpaired) electrons. The number of methoxy groups -OCH3 is 1. The van der Waals surface area contributed by atoms with E-state index in [4.69, 9.17) is 14.0 Å². The van der Waals surface area contributed by atoms with Crippen LogP contribution >= 0.6 is 0 Å². The van der Waals surface area contributed by atoms with Gasteiger partial charge in [0.05, 0.1) is 18.7 Å². The Balaban J connectivity index is 1.46. The number of carbonyl (C=O) groups is 1. The van der Waals surface area contributed by atoms with Crippen LogP contribution in [0.2, 0.25) is 0 Å². The molecule has 1 unspecified atom stereocenters. The highest BCUT2D eigenvalue weighted by Gasteiger charge is 2.34. The summed E-state index contributed by atoms with van der Waals surface area (Å²) in [7, 11) is 1.54. The van der Waals surface area contributed by atoms with Crippen LogP contribution in [0.1, 0.15) is 41.0 Å².